The zero-order valence-electron chi connectivity index (χ0n) is 10.9. The number of nitrogens with zero attached hydrogens (tertiary/aromatic N) is 3. The van der Waals surface area contributed by atoms with Crippen molar-refractivity contribution in [3.05, 3.63) is 29.8 Å². The monoisotopic (exact) mass is 247 g/mol. The molecule has 1 radical (unpaired) electrons. The Morgan fingerprint density at radius 1 is 1.39 bits per heavy atom. The molecule has 0 spiro atoms. The molecular formula is C13H17N3O2+. The highest BCUT2D eigenvalue weighted by Crippen LogP contribution is 2.24. The van der Waals surface area contributed by atoms with Gasteiger partial charge in [-0.2, -0.15) is 14.3 Å². The average molecular weight is 247 g/mol. The molecule has 1 aromatic rings. The van der Waals surface area contributed by atoms with Crippen LogP contribution >= 0.6 is 0 Å². The summed E-state index contributed by atoms with van der Waals surface area (Å²) in [7, 11) is 3.46. The van der Waals surface area contributed by atoms with E-state index in [0.29, 0.717) is 19.1 Å². The summed E-state index contributed by atoms with van der Waals surface area (Å²) < 4.78 is 4.95. The molecule has 1 aliphatic rings. The van der Waals surface area contributed by atoms with Gasteiger partial charge in [-0.3, -0.25) is 0 Å². The van der Waals surface area contributed by atoms with Gasteiger partial charge in [-0.15, -0.1) is 0 Å². The largest absolute Gasteiger partial charge is 0.523 e. The van der Waals surface area contributed by atoms with Crippen molar-refractivity contribution in [3.63, 3.8) is 0 Å². The van der Waals surface area contributed by atoms with E-state index >= 15 is 0 Å². The number of ether oxygens (including phenoxy) is 1. The van der Waals surface area contributed by atoms with Crippen LogP contribution in [0.25, 0.3) is 0 Å². The fraction of sp³-hybridized carbons (Fsp3) is 0.385. The number of para-hydroxylation sites is 1. The molecule has 0 aliphatic carbocycles. The van der Waals surface area contributed by atoms with Crippen molar-refractivity contribution < 1.29 is 14.0 Å². The van der Waals surface area contributed by atoms with Crippen LogP contribution in [-0.4, -0.2) is 37.2 Å². The SMILES string of the molecule is CCOC(=O)[N+](C)(C)C1=Nc2ccccc2C[N]1. The maximum Gasteiger partial charge on any atom is 0.523 e. The van der Waals surface area contributed by atoms with E-state index in [4.69, 9.17) is 4.74 Å². The lowest BCUT2D eigenvalue weighted by Crippen LogP contribution is -2.54. The molecule has 0 saturated heterocycles. The Bertz CT molecular complexity index is 495. The summed E-state index contributed by atoms with van der Waals surface area (Å²) in [6.07, 6.45) is -0.348. The van der Waals surface area contributed by atoms with Crippen LogP contribution in [-0.2, 0) is 11.3 Å². The molecule has 5 heteroatoms. The zero-order chi connectivity index (χ0) is 13.2. The first-order valence-corrected chi connectivity index (χ1v) is 5.91. The van der Waals surface area contributed by atoms with Crippen LogP contribution in [0.2, 0.25) is 0 Å². The molecule has 0 aromatic heterocycles. The molecule has 0 fully saturated rings. The molecule has 18 heavy (non-hydrogen) atoms. The van der Waals surface area contributed by atoms with E-state index in [9.17, 15) is 4.79 Å². The number of guanidine groups is 1. The highest BCUT2D eigenvalue weighted by molar-refractivity contribution is 5.86. The van der Waals surface area contributed by atoms with Gasteiger partial charge >= 0.3 is 12.1 Å². The predicted octanol–water partition coefficient (Wildman–Crippen LogP) is 2.02. The van der Waals surface area contributed by atoms with E-state index in [1.807, 2.05) is 24.3 Å². The second-order valence-electron chi connectivity index (χ2n) is 4.51. The number of hydrogen-bond donors (Lipinski definition) is 0. The maximum atomic E-state index is 11.9. The Kier molecular flexibility index (Phi) is 3.34. The zero-order valence-corrected chi connectivity index (χ0v) is 10.9. The van der Waals surface area contributed by atoms with Crippen LogP contribution in [0, 0.1) is 0 Å². The van der Waals surface area contributed by atoms with Crippen molar-refractivity contribution in [1.82, 2.24) is 5.32 Å². The third-order valence-electron chi connectivity index (χ3n) is 2.83. The third kappa shape index (κ3) is 2.22. The molecule has 1 aromatic carbocycles. The lowest BCUT2D eigenvalue weighted by atomic mass is 10.1. The number of benzene rings is 1. The first-order chi connectivity index (χ1) is 8.55. The quantitative estimate of drug-likeness (QED) is 0.713. The van der Waals surface area contributed by atoms with Gasteiger partial charge in [0, 0.05) is 0 Å². The molecule has 0 N–H and O–H groups in total. The lowest BCUT2D eigenvalue weighted by Gasteiger charge is -2.26. The minimum absolute atomic E-state index is 0.0951. The standard InChI is InChI=1S/C13H17N3O2/c1-4-18-13(17)16(2,3)12-14-9-10-7-5-6-8-11(10)15-12/h5-8H,4,9H2,1-3H3/q+1. The fourth-order valence-corrected chi connectivity index (χ4v) is 1.72. The molecule has 0 atom stereocenters. The number of aliphatic imine (C=N–C) groups is 1. The summed E-state index contributed by atoms with van der Waals surface area (Å²) in [6, 6.07) is 7.80. The summed E-state index contributed by atoms with van der Waals surface area (Å²) in [5, 5.41) is 4.37. The molecule has 95 valence electrons. The van der Waals surface area contributed by atoms with Gasteiger partial charge in [0.1, 0.15) is 0 Å². The van der Waals surface area contributed by atoms with Crippen molar-refractivity contribution in [2.75, 3.05) is 20.7 Å². The van der Waals surface area contributed by atoms with Crippen LogP contribution < -0.4 is 5.32 Å². The first kappa shape index (κ1) is 12.6. The molecular weight excluding hydrogens is 230 g/mol. The second kappa shape index (κ2) is 4.78. The fourth-order valence-electron chi connectivity index (χ4n) is 1.72. The van der Waals surface area contributed by atoms with Crippen molar-refractivity contribution in [2.24, 2.45) is 4.99 Å². The van der Waals surface area contributed by atoms with E-state index in [1.165, 1.54) is 0 Å². The normalized spacial score (nSPS) is 14.3. The molecule has 1 heterocycles. The summed E-state index contributed by atoms with van der Waals surface area (Å²) in [5.41, 5.74) is 1.95. The Morgan fingerprint density at radius 3 is 2.83 bits per heavy atom. The summed E-state index contributed by atoms with van der Waals surface area (Å²) in [4.78, 5) is 16.3. The molecule has 0 bridgehead atoms. The van der Waals surface area contributed by atoms with Gasteiger partial charge in [0.15, 0.2) is 0 Å². The molecule has 0 unspecified atom stereocenters. The number of quaternary nitrogens is 1. The summed E-state index contributed by atoms with van der Waals surface area (Å²) in [5.74, 6) is 0.479. The Hall–Kier alpha value is -1.88. The van der Waals surface area contributed by atoms with E-state index in [-0.39, 0.29) is 10.6 Å². The Labute approximate surface area is 107 Å². The molecule has 0 saturated carbocycles. The predicted molar refractivity (Wildman–Crippen MR) is 68.5 cm³/mol. The number of carbonyl (C=O) groups excluding carboxylic acids is 1. The smallest absolute Gasteiger partial charge is 0.420 e. The van der Waals surface area contributed by atoms with E-state index in [1.54, 1.807) is 21.0 Å². The van der Waals surface area contributed by atoms with Crippen molar-refractivity contribution in [2.45, 2.75) is 13.5 Å². The first-order valence-electron chi connectivity index (χ1n) is 5.91. The van der Waals surface area contributed by atoms with Crippen molar-refractivity contribution in [3.8, 4) is 0 Å². The Balaban J connectivity index is 2.30. The van der Waals surface area contributed by atoms with Gasteiger partial charge in [-0.25, -0.2) is 5.32 Å². The number of hydrogen-bond acceptors (Lipinski definition) is 3. The number of carbonyl (C=O) groups is 1. The summed E-state index contributed by atoms with van der Waals surface area (Å²) in [6.45, 7) is 2.69. The molecule has 1 amide bonds. The minimum Gasteiger partial charge on any atom is -0.420 e. The van der Waals surface area contributed by atoms with Gasteiger partial charge in [-0.05, 0) is 18.6 Å². The van der Waals surface area contributed by atoms with E-state index < -0.39 is 0 Å². The van der Waals surface area contributed by atoms with Crippen LogP contribution in [0.3, 0.4) is 0 Å². The lowest BCUT2D eigenvalue weighted by molar-refractivity contribution is -0.724. The third-order valence-corrected chi connectivity index (χ3v) is 2.83. The molecule has 1 aliphatic heterocycles. The van der Waals surface area contributed by atoms with Gasteiger partial charge < -0.3 is 4.74 Å². The van der Waals surface area contributed by atoms with Crippen LogP contribution in [0.4, 0.5) is 10.5 Å². The average Bonchev–Trinajstić information content (AvgIpc) is 2.38. The Morgan fingerprint density at radius 2 is 2.11 bits per heavy atom. The highest BCUT2D eigenvalue weighted by atomic mass is 16.6. The van der Waals surface area contributed by atoms with Crippen LogP contribution in [0.15, 0.2) is 29.3 Å². The highest BCUT2D eigenvalue weighted by Gasteiger charge is 2.38. The number of rotatable bonds is 1. The number of fused-ring (bicyclic) bond motifs is 1. The van der Waals surface area contributed by atoms with Crippen molar-refractivity contribution in [1.29, 1.82) is 0 Å². The van der Waals surface area contributed by atoms with Gasteiger partial charge in [0.05, 0.1) is 32.9 Å². The van der Waals surface area contributed by atoms with Crippen LogP contribution in [0.1, 0.15) is 12.5 Å². The van der Waals surface area contributed by atoms with Gasteiger partial charge in [-0.1, -0.05) is 18.2 Å². The van der Waals surface area contributed by atoms with Gasteiger partial charge in [0.2, 0.25) is 0 Å². The van der Waals surface area contributed by atoms with E-state index in [2.05, 4.69) is 10.3 Å². The van der Waals surface area contributed by atoms with E-state index in [0.717, 1.165) is 11.3 Å². The second-order valence-corrected chi connectivity index (χ2v) is 4.51. The molecule has 2 rings (SSSR count). The molecule has 5 nitrogen and oxygen atoms in total. The van der Waals surface area contributed by atoms with Crippen LogP contribution in [0.5, 0.6) is 0 Å². The van der Waals surface area contributed by atoms with Crippen molar-refractivity contribution >= 4 is 17.7 Å². The summed E-state index contributed by atoms with van der Waals surface area (Å²) >= 11 is 0. The number of amides is 1. The topological polar surface area (TPSA) is 52.8 Å². The van der Waals surface area contributed by atoms with Gasteiger partial charge in [0.25, 0.3) is 0 Å². The minimum atomic E-state index is -0.348. The maximum absolute atomic E-state index is 11.9.